The topological polar surface area (TPSA) is 134 Å². The zero-order valence-electron chi connectivity index (χ0n) is 24.6. The molecule has 2 aromatic carbocycles. The highest BCUT2D eigenvalue weighted by atomic mass is 32.2. The zero-order chi connectivity index (χ0) is 30.3. The largest absolute Gasteiger partial charge is 0.373 e. The van der Waals surface area contributed by atoms with E-state index in [4.69, 9.17) is 9.26 Å². The molecule has 1 aliphatic carbocycles. The van der Waals surface area contributed by atoms with Crippen LogP contribution < -0.4 is 10.0 Å². The summed E-state index contributed by atoms with van der Waals surface area (Å²) in [5.41, 5.74) is 4.64. The molecule has 43 heavy (non-hydrogen) atoms. The summed E-state index contributed by atoms with van der Waals surface area (Å²) < 4.78 is 39.4. The Morgan fingerprint density at radius 1 is 1.05 bits per heavy atom. The smallest absolute Gasteiger partial charge is 0.322 e. The normalized spacial score (nSPS) is 21.7. The van der Waals surface area contributed by atoms with Crippen LogP contribution >= 0.6 is 0 Å². The number of hydrogen-bond donors (Lipinski definition) is 2. The molecule has 0 radical (unpaired) electrons. The van der Waals surface area contributed by atoms with Crippen molar-refractivity contribution in [2.24, 2.45) is 0 Å². The molecule has 2 unspecified atom stereocenters. The molecule has 2 N–H and O–H groups in total. The first kappa shape index (κ1) is 29.3. The minimum atomic E-state index is -3.93. The Hall–Kier alpha value is -3.74. The summed E-state index contributed by atoms with van der Waals surface area (Å²) in [4.78, 5) is 27.8. The number of fused-ring (bicyclic) bond motifs is 2. The van der Waals surface area contributed by atoms with Crippen LogP contribution in [0.5, 0.6) is 0 Å². The van der Waals surface area contributed by atoms with E-state index in [1.54, 1.807) is 12.1 Å². The summed E-state index contributed by atoms with van der Waals surface area (Å²) >= 11 is 0. The molecule has 3 aliphatic rings. The van der Waals surface area contributed by atoms with Crippen LogP contribution in [0.1, 0.15) is 71.7 Å². The highest BCUT2D eigenvalue weighted by Crippen LogP contribution is 2.45. The Bertz CT molecular complexity index is 1620. The first-order valence-corrected chi connectivity index (χ1v) is 16.1. The van der Waals surface area contributed by atoms with Gasteiger partial charge in [0.2, 0.25) is 0 Å². The molecule has 12 heteroatoms. The van der Waals surface area contributed by atoms with Crippen molar-refractivity contribution in [1.82, 2.24) is 19.1 Å². The van der Waals surface area contributed by atoms with Gasteiger partial charge in [0.05, 0.1) is 12.7 Å². The maximum absolute atomic E-state index is 13.4. The summed E-state index contributed by atoms with van der Waals surface area (Å²) in [6.45, 7) is 2.50. The summed E-state index contributed by atoms with van der Waals surface area (Å²) in [6, 6.07) is 14.3. The zero-order valence-corrected chi connectivity index (χ0v) is 25.4. The van der Waals surface area contributed by atoms with Crippen LogP contribution in [0, 0.1) is 6.92 Å². The standard InChI is InChI=1S/C31H37N5O6S/c1-19-7-4-5-10-26(19)28-27(29(42-33-28)20-11-12-20)18-41-25-16-23-13-14-24(17-25)36(23)31(38)32-22-9-6-8-21(15-22)30(37)34-43(39,40)35(2)3/h4-10,15,20,23-25H,11-14,16-18H2,1-3H3,(H,32,38)(H,34,37). The second-order valence-electron chi connectivity index (χ2n) is 11.9. The lowest BCUT2D eigenvalue weighted by atomic mass is 9.99. The average Bonchev–Trinajstić information content (AvgIpc) is 3.67. The predicted molar refractivity (Wildman–Crippen MR) is 161 cm³/mol. The third kappa shape index (κ3) is 6.17. The second-order valence-corrected chi connectivity index (χ2v) is 13.8. The van der Waals surface area contributed by atoms with Crippen LogP contribution in [0.4, 0.5) is 10.5 Å². The number of urea groups is 1. The van der Waals surface area contributed by atoms with Crippen LogP contribution in [0.3, 0.4) is 0 Å². The van der Waals surface area contributed by atoms with E-state index in [0.29, 0.717) is 18.2 Å². The van der Waals surface area contributed by atoms with Gasteiger partial charge in [0.1, 0.15) is 11.5 Å². The molecular formula is C31H37N5O6S. The Morgan fingerprint density at radius 2 is 1.77 bits per heavy atom. The van der Waals surface area contributed by atoms with Gasteiger partial charge in [-0.15, -0.1) is 0 Å². The molecule has 2 bridgehead atoms. The molecule has 11 nitrogen and oxygen atoms in total. The van der Waals surface area contributed by atoms with Crippen molar-refractivity contribution in [2.45, 2.75) is 76.2 Å². The fourth-order valence-corrected chi connectivity index (χ4v) is 6.70. The number of anilines is 1. The molecule has 1 saturated carbocycles. The number of benzene rings is 2. The molecular weight excluding hydrogens is 570 g/mol. The van der Waals surface area contributed by atoms with Crippen molar-refractivity contribution < 1.29 is 27.3 Å². The van der Waals surface area contributed by atoms with Crippen molar-refractivity contribution in [3.63, 3.8) is 0 Å². The minimum Gasteiger partial charge on any atom is -0.373 e. The summed E-state index contributed by atoms with van der Waals surface area (Å²) in [7, 11) is -1.27. The van der Waals surface area contributed by atoms with E-state index in [0.717, 1.165) is 71.0 Å². The summed E-state index contributed by atoms with van der Waals surface area (Å²) in [5, 5.41) is 7.36. The fraction of sp³-hybridized carbons (Fsp3) is 0.452. The van der Waals surface area contributed by atoms with Crippen LogP contribution in [0.2, 0.25) is 0 Å². The van der Waals surface area contributed by atoms with E-state index >= 15 is 0 Å². The molecule has 228 valence electrons. The number of amides is 3. The van der Waals surface area contributed by atoms with E-state index in [2.05, 4.69) is 29.5 Å². The molecule has 6 rings (SSSR count). The van der Waals surface area contributed by atoms with Gasteiger partial charge in [-0.25, -0.2) is 9.52 Å². The van der Waals surface area contributed by atoms with E-state index in [-0.39, 0.29) is 29.8 Å². The number of nitrogens with one attached hydrogen (secondary N) is 2. The van der Waals surface area contributed by atoms with E-state index in [9.17, 15) is 18.0 Å². The van der Waals surface area contributed by atoms with E-state index in [1.165, 1.54) is 26.2 Å². The lowest BCUT2D eigenvalue weighted by molar-refractivity contribution is -0.0158. The molecule has 1 aromatic heterocycles. The van der Waals surface area contributed by atoms with Gasteiger partial charge in [-0.1, -0.05) is 35.5 Å². The Labute approximate surface area is 251 Å². The predicted octanol–water partition coefficient (Wildman–Crippen LogP) is 4.81. The van der Waals surface area contributed by atoms with Crippen molar-refractivity contribution in [3.8, 4) is 11.3 Å². The van der Waals surface area contributed by atoms with Crippen molar-refractivity contribution in [3.05, 3.63) is 71.0 Å². The number of aryl methyl sites for hydroxylation is 1. The average molecular weight is 608 g/mol. The van der Waals surface area contributed by atoms with Gasteiger partial charge in [0.25, 0.3) is 5.91 Å². The van der Waals surface area contributed by atoms with Gasteiger partial charge in [0, 0.05) is 54.5 Å². The van der Waals surface area contributed by atoms with Crippen molar-refractivity contribution in [1.29, 1.82) is 0 Å². The first-order valence-electron chi connectivity index (χ1n) is 14.7. The van der Waals surface area contributed by atoms with E-state index in [1.807, 2.05) is 21.8 Å². The first-order chi connectivity index (χ1) is 20.6. The maximum atomic E-state index is 13.4. The van der Waals surface area contributed by atoms with Gasteiger partial charge in [0.15, 0.2) is 0 Å². The number of aromatic nitrogens is 1. The second kappa shape index (κ2) is 11.7. The van der Waals surface area contributed by atoms with Gasteiger partial charge >= 0.3 is 16.2 Å². The highest BCUT2D eigenvalue weighted by Gasteiger charge is 2.44. The monoisotopic (exact) mass is 607 g/mol. The van der Waals surface area contributed by atoms with Crippen LogP contribution in [0.15, 0.2) is 53.1 Å². The van der Waals surface area contributed by atoms with Crippen LogP contribution in [-0.4, -0.2) is 67.0 Å². The van der Waals surface area contributed by atoms with Gasteiger partial charge < -0.3 is 19.5 Å². The van der Waals surface area contributed by atoms with Crippen molar-refractivity contribution in [2.75, 3.05) is 19.4 Å². The van der Waals surface area contributed by atoms with Crippen molar-refractivity contribution >= 4 is 27.8 Å². The Balaban J connectivity index is 1.09. The van der Waals surface area contributed by atoms with Gasteiger partial charge in [-0.2, -0.15) is 12.7 Å². The quantitative estimate of drug-likeness (QED) is 0.357. The number of nitrogens with zero attached hydrogens (tertiary/aromatic N) is 3. The molecule has 0 spiro atoms. The minimum absolute atomic E-state index is 0.0129. The van der Waals surface area contributed by atoms with E-state index < -0.39 is 16.1 Å². The molecule has 3 aromatic rings. The molecule has 2 aliphatic heterocycles. The number of piperidine rings is 1. The molecule has 2 atom stereocenters. The van der Waals surface area contributed by atoms with Gasteiger partial charge in [-0.05, 0) is 69.2 Å². The Kier molecular flexibility index (Phi) is 8.01. The number of carbonyl (C=O) groups is 2. The third-order valence-corrected chi connectivity index (χ3v) is 10.0. The number of rotatable bonds is 9. The molecule has 2 saturated heterocycles. The summed E-state index contributed by atoms with van der Waals surface area (Å²) in [6.07, 6.45) is 5.50. The molecule has 3 amide bonds. The molecule has 3 heterocycles. The van der Waals surface area contributed by atoms with Gasteiger partial charge in [-0.3, -0.25) is 4.79 Å². The SMILES string of the molecule is Cc1ccccc1-c1noc(C2CC2)c1COC1CC2CCC(C1)N2C(=O)Nc1cccc(C(=O)NS(=O)(=O)N(C)C)c1. The Morgan fingerprint density at radius 3 is 2.44 bits per heavy atom. The lowest BCUT2D eigenvalue weighted by Gasteiger charge is -2.38. The van der Waals surface area contributed by atoms with Crippen LogP contribution in [-0.2, 0) is 21.6 Å². The number of hydrogen-bond acceptors (Lipinski definition) is 7. The van der Waals surface area contributed by atoms with Crippen LogP contribution in [0.25, 0.3) is 11.3 Å². The number of carbonyl (C=O) groups excluding carboxylic acids is 2. The fourth-order valence-electron chi connectivity index (χ4n) is 6.17. The highest BCUT2D eigenvalue weighted by molar-refractivity contribution is 7.87. The molecule has 3 fully saturated rings. The lowest BCUT2D eigenvalue weighted by Crippen LogP contribution is -2.50. The summed E-state index contributed by atoms with van der Waals surface area (Å²) in [5.74, 6) is 0.576. The maximum Gasteiger partial charge on any atom is 0.322 e. The number of ether oxygens (including phenoxy) is 1. The third-order valence-electron chi connectivity index (χ3n) is 8.63.